The number of benzene rings is 1. The lowest BCUT2D eigenvalue weighted by Gasteiger charge is -2.12. The van der Waals surface area contributed by atoms with Gasteiger partial charge < -0.3 is 9.52 Å². The van der Waals surface area contributed by atoms with Crippen molar-refractivity contribution in [3.63, 3.8) is 0 Å². The fourth-order valence-corrected chi connectivity index (χ4v) is 2.30. The zero-order valence-corrected chi connectivity index (χ0v) is 12.6. The second kappa shape index (κ2) is 5.57. The zero-order valence-electron chi connectivity index (χ0n) is 12.6. The van der Waals surface area contributed by atoms with E-state index in [1.165, 1.54) is 17.1 Å². The number of hydrazone groups is 1. The quantitative estimate of drug-likeness (QED) is 0.883. The average molecular weight is 310 g/mol. The first-order chi connectivity index (χ1) is 11.0. The molecule has 1 aromatic carbocycles. The van der Waals surface area contributed by atoms with Crippen LogP contribution < -0.4 is 5.01 Å². The summed E-state index contributed by atoms with van der Waals surface area (Å²) in [6.45, 7) is 3.55. The first kappa shape index (κ1) is 14.8. The van der Waals surface area contributed by atoms with Gasteiger partial charge in [-0.05, 0) is 50.3 Å². The maximum absolute atomic E-state index is 12.6. The highest BCUT2D eigenvalue weighted by molar-refractivity contribution is 6.32. The number of hydrogen-bond acceptors (Lipinski definition) is 4. The van der Waals surface area contributed by atoms with E-state index in [9.17, 15) is 9.59 Å². The molecule has 0 aliphatic carbocycles. The number of hydrogen-bond donors (Lipinski definition) is 1. The standard InChI is InChI=1S/C17H14N2O4/c1-10-6-7-14(23-10)9-15-11(2)18-19(16(15)20)13-5-3-4-12(8-13)17(21)22/h3-9H,1-2H3,(H,21,22)/b15-9+. The number of rotatable bonds is 3. The number of nitrogens with zero attached hydrogens (tertiary/aromatic N) is 2. The van der Waals surface area contributed by atoms with E-state index >= 15 is 0 Å². The molecule has 0 saturated carbocycles. The summed E-state index contributed by atoms with van der Waals surface area (Å²) in [6, 6.07) is 9.68. The minimum absolute atomic E-state index is 0.0993. The largest absolute Gasteiger partial charge is 0.478 e. The van der Waals surface area contributed by atoms with Gasteiger partial charge in [0.1, 0.15) is 11.5 Å². The van der Waals surface area contributed by atoms with E-state index < -0.39 is 5.97 Å². The van der Waals surface area contributed by atoms with Crippen LogP contribution in [0.5, 0.6) is 0 Å². The fourth-order valence-electron chi connectivity index (χ4n) is 2.30. The first-order valence-electron chi connectivity index (χ1n) is 6.97. The van der Waals surface area contributed by atoms with Crippen LogP contribution in [0.3, 0.4) is 0 Å². The first-order valence-corrected chi connectivity index (χ1v) is 6.97. The Morgan fingerprint density at radius 1 is 1.26 bits per heavy atom. The smallest absolute Gasteiger partial charge is 0.335 e. The minimum Gasteiger partial charge on any atom is -0.478 e. The molecule has 1 aliphatic heterocycles. The summed E-state index contributed by atoms with van der Waals surface area (Å²) < 4.78 is 5.45. The maximum atomic E-state index is 12.6. The highest BCUT2D eigenvalue weighted by Crippen LogP contribution is 2.26. The zero-order chi connectivity index (χ0) is 16.6. The van der Waals surface area contributed by atoms with Crippen molar-refractivity contribution in [2.75, 3.05) is 5.01 Å². The molecule has 2 aromatic rings. The van der Waals surface area contributed by atoms with Crippen LogP contribution >= 0.6 is 0 Å². The molecule has 0 bridgehead atoms. The Bertz CT molecular complexity index is 861. The number of carbonyl (C=O) groups excluding carboxylic acids is 1. The second-order valence-electron chi connectivity index (χ2n) is 5.16. The lowest BCUT2D eigenvalue weighted by molar-refractivity contribution is -0.114. The van der Waals surface area contributed by atoms with E-state index in [2.05, 4.69) is 5.10 Å². The molecule has 1 N–H and O–H groups in total. The van der Waals surface area contributed by atoms with Gasteiger partial charge in [-0.2, -0.15) is 10.1 Å². The van der Waals surface area contributed by atoms with E-state index in [4.69, 9.17) is 9.52 Å². The number of amides is 1. The lowest BCUT2D eigenvalue weighted by atomic mass is 10.1. The van der Waals surface area contributed by atoms with Crippen LogP contribution in [0.25, 0.3) is 6.08 Å². The summed E-state index contributed by atoms with van der Waals surface area (Å²) in [5, 5.41) is 14.5. The number of furan rings is 1. The Hall–Kier alpha value is -3.15. The number of aromatic carboxylic acids is 1. The van der Waals surface area contributed by atoms with Crippen molar-refractivity contribution in [3.8, 4) is 0 Å². The van der Waals surface area contributed by atoms with Gasteiger partial charge >= 0.3 is 5.97 Å². The maximum Gasteiger partial charge on any atom is 0.335 e. The Balaban J connectivity index is 1.95. The summed E-state index contributed by atoms with van der Waals surface area (Å²) in [5.41, 5.74) is 1.47. The van der Waals surface area contributed by atoms with Gasteiger partial charge in [-0.1, -0.05) is 6.07 Å². The molecular weight excluding hydrogens is 296 g/mol. The number of carboxylic acid groups (broad SMARTS) is 1. The summed E-state index contributed by atoms with van der Waals surface area (Å²) in [7, 11) is 0. The van der Waals surface area contributed by atoms with Crippen LogP contribution in [0.4, 0.5) is 5.69 Å². The molecule has 0 unspecified atom stereocenters. The van der Waals surface area contributed by atoms with Crippen LogP contribution in [0.2, 0.25) is 0 Å². The van der Waals surface area contributed by atoms with E-state index in [1.807, 2.05) is 13.0 Å². The molecule has 116 valence electrons. The van der Waals surface area contributed by atoms with Crippen molar-refractivity contribution >= 4 is 29.4 Å². The third kappa shape index (κ3) is 2.78. The van der Waals surface area contributed by atoms with Gasteiger partial charge in [0, 0.05) is 0 Å². The highest BCUT2D eigenvalue weighted by atomic mass is 16.4. The second-order valence-corrected chi connectivity index (χ2v) is 5.16. The van der Waals surface area contributed by atoms with E-state index in [0.29, 0.717) is 22.7 Å². The Labute approximate surface area is 132 Å². The Morgan fingerprint density at radius 2 is 2.04 bits per heavy atom. The van der Waals surface area contributed by atoms with Crippen LogP contribution in [0.1, 0.15) is 28.8 Å². The van der Waals surface area contributed by atoms with Crippen molar-refractivity contribution in [1.29, 1.82) is 0 Å². The number of carboxylic acids is 1. The molecule has 3 rings (SSSR count). The van der Waals surface area contributed by atoms with E-state index in [0.717, 1.165) is 5.76 Å². The normalized spacial score (nSPS) is 16.1. The topological polar surface area (TPSA) is 83.1 Å². The lowest BCUT2D eigenvalue weighted by Crippen LogP contribution is -2.21. The van der Waals surface area contributed by atoms with Crippen molar-refractivity contribution in [2.24, 2.45) is 5.10 Å². The molecule has 6 heteroatoms. The molecule has 1 aliphatic rings. The highest BCUT2D eigenvalue weighted by Gasteiger charge is 2.29. The van der Waals surface area contributed by atoms with Gasteiger partial charge in [0.2, 0.25) is 0 Å². The van der Waals surface area contributed by atoms with Crippen molar-refractivity contribution in [2.45, 2.75) is 13.8 Å². The number of anilines is 1. The van der Waals surface area contributed by atoms with Crippen molar-refractivity contribution < 1.29 is 19.1 Å². The van der Waals surface area contributed by atoms with Crippen LogP contribution in [-0.2, 0) is 4.79 Å². The van der Waals surface area contributed by atoms with E-state index in [-0.39, 0.29) is 11.5 Å². The molecule has 1 amide bonds. The fraction of sp³-hybridized carbons (Fsp3) is 0.118. The van der Waals surface area contributed by atoms with Crippen LogP contribution in [0, 0.1) is 6.92 Å². The van der Waals surface area contributed by atoms with Gasteiger partial charge in [0.05, 0.1) is 22.5 Å². The molecule has 1 aromatic heterocycles. The van der Waals surface area contributed by atoms with Crippen molar-refractivity contribution in [3.05, 3.63) is 59.1 Å². The molecule has 0 atom stereocenters. The van der Waals surface area contributed by atoms with Gasteiger partial charge in [0.15, 0.2) is 0 Å². The third-order valence-electron chi connectivity index (χ3n) is 3.45. The predicted octanol–water partition coefficient (Wildman–Crippen LogP) is 3.09. The average Bonchev–Trinajstić information content (AvgIpc) is 3.05. The summed E-state index contributed by atoms with van der Waals surface area (Å²) in [4.78, 5) is 23.6. The molecule has 0 spiro atoms. The molecule has 0 fully saturated rings. The molecule has 2 heterocycles. The molecular formula is C17H14N2O4. The minimum atomic E-state index is -1.05. The van der Waals surface area contributed by atoms with Gasteiger partial charge in [-0.25, -0.2) is 4.79 Å². The van der Waals surface area contributed by atoms with Gasteiger partial charge in [0.25, 0.3) is 5.91 Å². The Kier molecular flexibility index (Phi) is 3.57. The van der Waals surface area contributed by atoms with Gasteiger partial charge in [-0.15, -0.1) is 0 Å². The van der Waals surface area contributed by atoms with Crippen LogP contribution in [-0.4, -0.2) is 22.7 Å². The molecule has 0 saturated heterocycles. The summed E-state index contributed by atoms with van der Waals surface area (Å²) in [5.74, 6) is -0.0513. The number of carbonyl (C=O) groups is 2. The molecule has 6 nitrogen and oxygen atoms in total. The monoisotopic (exact) mass is 310 g/mol. The SMILES string of the molecule is CC1=NN(c2cccc(C(=O)O)c2)C(=O)/C1=C/c1ccc(C)o1. The van der Waals surface area contributed by atoms with Gasteiger partial charge in [-0.3, -0.25) is 4.79 Å². The summed E-state index contributed by atoms with van der Waals surface area (Å²) >= 11 is 0. The molecule has 0 radical (unpaired) electrons. The van der Waals surface area contributed by atoms with E-state index in [1.54, 1.807) is 31.2 Å². The third-order valence-corrected chi connectivity index (χ3v) is 3.45. The predicted molar refractivity (Wildman–Crippen MR) is 85.4 cm³/mol. The number of aryl methyl sites for hydroxylation is 1. The van der Waals surface area contributed by atoms with Crippen LogP contribution in [0.15, 0.2) is 51.5 Å². The van der Waals surface area contributed by atoms with Crippen molar-refractivity contribution in [1.82, 2.24) is 0 Å². The molecule has 23 heavy (non-hydrogen) atoms. The summed E-state index contributed by atoms with van der Waals surface area (Å²) in [6.07, 6.45) is 1.63. The Morgan fingerprint density at radius 3 is 2.70 bits per heavy atom.